The van der Waals surface area contributed by atoms with E-state index in [1.54, 1.807) is 38.4 Å². The summed E-state index contributed by atoms with van der Waals surface area (Å²) in [7, 11) is 3.33. The van der Waals surface area contributed by atoms with Crippen LogP contribution in [-0.4, -0.2) is 49.1 Å². The number of ether oxygens (including phenoxy) is 1. The highest BCUT2D eigenvalue weighted by atomic mass is 32.2. The van der Waals surface area contributed by atoms with E-state index in [1.807, 2.05) is 0 Å². The topological polar surface area (TPSA) is 89.7 Å². The van der Waals surface area contributed by atoms with Crippen LogP contribution in [0.3, 0.4) is 0 Å². The second kappa shape index (κ2) is 7.54. The van der Waals surface area contributed by atoms with Crippen LogP contribution in [0.2, 0.25) is 0 Å². The van der Waals surface area contributed by atoms with Crippen molar-refractivity contribution in [1.82, 2.24) is 4.90 Å². The Bertz CT molecular complexity index is 517. The van der Waals surface area contributed by atoms with Gasteiger partial charge in [0.2, 0.25) is 5.91 Å². The zero-order valence-corrected chi connectivity index (χ0v) is 12.1. The molecule has 2 amide bonds. The fraction of sp³-hybridized carbons (Fsp3) is 0.308. The molecule has 0 saturated heterocycles. The van der Waals surface area contributed by atoms with E-state index in [-0.39, 0.29) is 11.7 Å². The summed E-state index contributed by atoms with van der Waals surface area (Å²) in [5, 5.41) is 0. The Morgan fingerprint density at radius 2 is 1.90 bits per heavy atom. The van der Waals surface area contributed by atoms with Crippen LogP contribution in [-0.2, 0) is 14.3 Å². The van der Waals surface area contributed by atoms with E-state index < -0.39 is 18.5 Å². The van der Waals surface area contributed by atoms with E-state index in [0.717, 1.165) is 0 Å². The number of nitrogens with zero attached hydrogens (tertiary/aromatic N) is 1. The normalized spacial score (nSPS) is 9.90. The standard InChI is InChI=1S/C13H16N2O4S/c1-15(2)12(17)8-20-10-6-4-3-5-9(10)13(18)19-7-11(14)16/h3-6H,7-8H2,1-2H3,(H2,14,16). The van der Waals surface area contributed by atoms with Crippen molar-refractivity contribution in [3.8, 4) is 0 Å². The molecular formula is C13H16N2O4S. The molecule has 0 aliphatic carbocycles. The number of thioether (sulfide) groups is 1. The smallest absolute Gasteiger partial charge is 0.339 e. The Hall–Kier alpha value is -2.02. The molecule has 0 fully saturated rings. The Balaban J connectivity index is 2.75. The van der Waals surface area contributed by atoms with Gasteiger partial charge in [0.1, 0.15) is 0 Å². The summed E-state index contributed by atoms with van der Waals surface area (Å²) in [5.74, 6) is -1.20. The quantitative estimate of drug-likeness (QED) is 0.610. The van der Waals surface area contributed by atoms with Crippen molar-refractivity contribution in [2.45, 2.75) is 4.90 Å². The van der Waals surface area contributed by atoms with Gasteiger partial charge in [0.05, 0.1) is 11.3 Å². The first-order valence-corrected chi connectivity index (χ1v) is 6.77. The summed E-state index contributed by atoms with van der Waals surface area (Å²) in [5.41, 5.74) is 5.23. The Morgan fingerprint density at radius 3 is 2.50 bits per heavy atom. The van der Waals surface area contributed by atoms with E-state index in [9.17, 15) is 14.4 Å². The molecule has 0 heterocycles. The molecule has 20 heavy (non-hydrogen) atoms. The molecule has 0 radical (unpaired) electrons. The summed E-state index contributed by atoms with van der Waals surface area (Å²) in [6.07, 6.45) is 0. The van der Waals surface area contributed by atoms with E-state index in [0.29, 0.717) is 10.5 Å². The number of esters is 1. The van der Waals surface area contributed by atoms with Crippen LogP contribution in [0.4, 0.5) is 0 Å². The molecule has 1 aromatic rings. The summed E-state index contributed by atoms with van der Waals surface area (Å²) in [6, 6.07) is 6.73. The summed E-state index contributed by atoms with van der Waals surface area (Å²) in [4.78, 5) is 36.0. The van der Waals surface area contributed by atoms with Gasteiger partial charge in [0.25, 0.3) is 5.91 Å². The van der Waals surface area contributed by atoms with Crippen molar-refractivity contribution in [2.24, 2.45) is 5.73 Å². The van der Waals surface area contributed by atoms with Crippen molar-refractivity contribution in [3.05, 3.63) is 29.8 Å². The van der Waals surface area contributed by atoms with E-state index in [4.69, 9.17) is 10.5 Å². The van der Waals surface area contributed by atoms with Gasteiger partial charge < -0.3 is 15.4 Å². The molecule has 1 rings (SSSR count). The van der Waals surface area contributed by atoms with Gasteiger partial charge >= 0.3 is 5.97 Å². The van der Waals surface area contributed by atoms with Crippen LogP contribution in [0.25, 0.3) is 0 Å². The average Bonchev–Trinajstić information content (AvgIpc) is 2.42. The second-order valence-corrected chi connectivity index (χ2v) is 5.13. The number of hydrogen-bond acceptors (Lipinski definition) is 5. The van der Waals surface area contributed by atoms with E-state index in [2.05, 4.69) is 0 Å². The number of hydrogen-bond donors (Lipinski definition) is 1. The van der Waals surface area contributed by atoms with E-state index in [1.165, 1.54) is 16.7 Å². The first kappa shape index (κ1) is 16.0. The van der Waals surface area contributed by atoms with E-state index >= 15 is 0 Å². The molecule has 0 unspecified atom stereocenters. The van der Waals surface area contributed by atoms with Crippen molar-refractivity contribution in [2.75, 3.05) is 26.5 Å². The highest BCUT2D eigenvalue weighted by Crippen LogP contribution is 2.23. The zero-order valence-electron chi connectivity index (χ0n) is 11.3. The lowest BCUT2D eigenvalue weighted by Gasteiger charge is -2.11. The third kappa shape index (κ3) is 4.93. The number of carbonyl (C=O) groups is 3. The fourth-order valence-electron chi connectivity index (χ4n) is 1.24. The van der Waals surface area contributed by atoms with Crippen LogP contribution in [0.5, 0.6) is 0 Å². The van der Waals surface area contributed by atoms with Gasteiger partial charge in [-0.25, -0.2) is 4.79 Å². The number of amides is 2. The Morgan fingerprint density at radius 1 is 1.25 bits per heavy atom. The molecule has 6 nitrogen and oxygen atoms in total. The molecule has 0 atom stereocenters. The first-order valence-electron chi connectivity index (χ1n) is 5.79. The third-order valence-electron chi connectivity index (χ3n) is 2.30. The van der Waals surface area contributed by atoms with Crippen molar-refractivity contribution >= 4 is 29.5 Å². The van der Waals surface area contributed by atoms with Crippen LogP contribution < -0.4 is 5.73 Å². The van der Waals surface area contributed by atoms with Crippen molar-refractivity contribution in [3.63, 3.8) is 0 Å². The number of nitrogens with two attached hydrogens (primary N) is 1. The molecule has 1 aromatic carbocycles. The molecule has 108 valence electrons. The monoisotopic (exact) mass is 296 g/mol. The van der Waals surface area contributed by atoms with Gasteiger partial charge in [-0.2, -0.15) is 0 Å². The lowest BCUT2D eigenvalue weighted by Crippen LogP contribution is -2.23. The predicted octanol–water partition coefficient (Wildman–Crippen LogP) is 0.509. The number of carbonyl (C=O) groups excluding carboxylic acids is 3. The molecule has 0 aliphatic heterocycles. The molecule has 2 N–H and O–H groups in total. The molecule has 0 spiro atoms. The second-order valence-electron chi connectivity index (χ2n) is 4.12. The molecule has 0 saturated carbocycles. The lowest BCUT2D eigenvalue weighted by molar-refractivity contribution is -0.125. The Labute approximate surface area is 121 Å². The molecular weight excluding hydrogens is 280 g/mol. The zero-order chi connectivity index (χ0) is 15.1. The Kier molecular flexibility index (Phi) is 6.05. The molecule has 0 aromatic heterocycles. The summed E-state index contributed by atoms with van der Waals surface area (Å²) >= 11 is 1.24. The molecule has 7 heteroatoms. The third-order valence-corrected chi connectivity index (χ3v) is 3.36. The number of primary amides is 1. The maximum absolute atomic E-state index is 11.8. The summed E-state index contributed by atoms with van der Waals surface area (Å²) < 4.78 is 4.76. The highest BCUT2D eigenvalue weighted by Gasteiger charge is 2.15. The minimum Gasteiger partial charge on any atom is -0.452 e. The van der Waals surface area contributed by atoms with Gasteiger partial charge in [0, 0.05) is 19.0 Å². The SMILES string of the molecule is CN(C)C(=O)CSc1ccccc1C(=O)OCC(N)=O. The average molecular weight is 296 g/mol. The summed E-state index contributed by atoms with van der Waals surface area (Å²) in [6.45, 7) is -0.464. The molecule has 0 aliphatic rings. The number of rotatable bonds is 6. The molecule has 0 bridgehead atoms. The first-order chi connectivity index (χ1) is 9.41. The largest absolute Gasteiger partial charge is 0.452 e. The van der Waals surface area contributed by atoms with Gasteiger partial charge in [-0.3, -0.25) is 9.59 Å². The van der Waals surface area contributed by atoms with Crippen molar-refractivity contribution in [1.29, 1.82) is 0 Å². The van der Waals surface area contributed by atoms with Crippen LogP contribution >= 0.6 is 11.8 Å². The van der Waals surface area contributed by atoms with Gasteiger partial charge in [-0.1, -0.05) is 12.1 Å². The van der Waals surface area contributed by atoms with Crippen LogP contribution in [0, 0.1) is 0 Å². The number of benzene rings is 1. The lowest BCUT2D eigenvalue weighted by atomic mass is 10.2. The van der Waals surface area contributed by atoms with Gasteiger partial charge in [0.15, 0.2) is 6.61 Å². The maximum Gasteiger partial charge on any atom is 0.339 e. The van der Waals surface area contributed by atoms with Gasteiger partial charge in [-0.05, 0) is 12.1 Å². The highest BCUT2D eigenvalue weighted by molar-refractivity contribution is 8.00. The van der Waals surface area contributed by atoms with Crippen molar-refractivity contribution < 1.29 is 19.1 Å². The fourth-order valence-corrected chi connectivity index (χ4v) is 2.26. The van der Waals surface area contributed by atoms with Gasteiger partial charge in [-0.15, -0.1) is 11.8 Å². The minimum absolute atomic E-state index is 0.0599. The van der Waals surface area contributed by atoms with Crippen LogP contribution in [0.15, 0.2) is 29.2 Å². The maximum atomic E-state index is 11.8. The minimum atomic E-state index is -0.716. The van der Waals surface area contributed by atoms with Crippen LogP contribution in [0.1, 0.15) is 10.4 Å². The predicted molar refractivity (Wildman–Crippen MR) is 75.3 cm³/mol.